The van der Waals surface area contributed by atoms with E-state index in [0.717, 1.165) is 60.2 Å². The van der Waals surface area contributed by atoms with Crippen LogP contribution in [0.15, 0.2) is 36.8 Å². The molecule has 2 N–H and O–H groups in total. The van der Waals surface area contributed by atoms with Gasteiger partial charge in [0.05, 0.1) is 24.6 Å². The molecule has 2 fully saturated rings. The van der Waals surface area contributed by atoms with Gasteiger partial charge in [0.15, 0.2) is 11.5 Å². The summed E-state index contributed by atoms with van der Waals surface area (Å²) in [5.74, 6) is 2.31. The van der Waals surface area contributed by atoms with E-state index < -0.39 is 0 Å². The van der Waals surface area contributed by atoms with Crippen molar-refractivity contribution in [3.63, 3.8) is 0 Å². The Morgan fingerprint density at radius 3 is 2.86 bits per heavy atom. The SMILES string of the molecule is CCC1CN(c2ccc3nc(-c4cnc(NC)c5cnc(NC(=O)[C@H]6C[C@H]6C)cc45)nn3c2)CCO1. The number of aromatic nitrogens is 5. The minimum absolute atomic E-state index is 0.0191. The summed E-state index contributed by atoms with van der Waals surface area (Å²) in [4.78, 5) is 28.7. The maximum Gasteiger partial charge on any atom is 0.228 e. The summed E-state index contributed by atoms with van der Waals surface area (Å²) in [5, 5.41) is 12.6. The average Bonchev–Trinajstić information content (AvgIpc) is 3.50. The predicted octanol–water partition coefficient (Wildman–Crippen LogP) is 3.59. The molecular weight excluding hydrogens is 456 g/mol. The molecule has 1 saturated carbocycles. The molecule has 1 aliphatic heterocycles. The quantitative estimate of drug-likeness (QED) is 0.426. The van der Waals surface area contributed by atoms with E-state index in [9.17, 15) is 4.79 Å². The zero-order valence-corrected chi connectivity index (χ0v) is 20.7. The van der Waals surface area contributed by atoms with Gasteiger partial charge in [-0.3, -0.25) is 4.79 Å². The van der Waals surface area contributed by atoms with Gasteiger partial charge in [-0.1, -0.05) is 13.8 Å². The number of morpholine rings is 1. The summed E-state index contributed by atoms with van der Waals surface area (Å²) >= 11 is 0. The smallest absolute Gasteiger partial charge is 0.228 e. The van der Waals surface area contributed by atoms with Gasteiger partial charge in [0, 0.05) is 54.8 Å². The lowest BCUT2D eigenvalue weighted by atomic mass is 10.1. The third-order valence-corrected chi connectivity index (χ3v) is 7.22. The van der Waals surface area contributed by atoms with E-state index in [2.05, 4.69) is 45.4 Å². The molecule has 1 aliphatic carbocycles. The molecule has 36 heavy (non-hydrogen) atoms. The maximum atomic E-state index is 12.5. The normalized spacial score (nSPS) is 21.6. The fourth-order valence-corrected chi connectivity index (χ4v) is 4.86. The van der Waals surface area contributed by atoms with E-state index >= 15 is 0 Å². The number of nitrogens with zero attached hydrogens (tertiary/aromatic N) is 6. The highest BCUT2D eigenvalue weighted by molar-refractivity contribution is 6.03. The summed E-state index contributed by atoms with van der Waals surface area (Å²) in [6, 6.07) is 5.96. The van der Waals surface area contributed by atoms with Crippen molar-refractivity contribution in [1.29, 1.82) is 0 Å². The Morgan fingerprint density at radius 2 is 2.08 bits per heavy atom. The van der Waals surface area contributed by atoms with Crippen LogP contribution in [0.25, 0.3) is 27.8 Å². The highest BCUT2D eigenvalue weighted by Gasteiger charge is 2.39. The van der Waals surface area contributed by atoms with Crippen LogP contribution in [0.4, 0.5) is 17.3 Å². The largest absolute Gasteiger partial charge is 0.375 e. The number of hydrogen-bond donors (Lipinski definition) is 2. The zero-order chi connectivity index (χ0) is 24.8. The van der Waals surface area contributed by atoms with Gasteiger partial charge in [0.2, 0.25) is 5.91 Å². The molecule has 6 rings (SSSR count). The molecular formula is C26H30N8O2. The number of pyridine rings is 3. The minimum Gasteiger partial charge on any atom is -0.375 e. The molecule has 1 unspecified atom stereocenters. The van der Waals surface area contributed by atoms with Crippen molar-refractivity contribution in [2.45, 2.75) is 32.8 Å². The van der Waals surface area contributed by atoms with Crippen LogP contribution in [0.2, 0.25) is 0 Å². The number of anilines is 3. The molecule has 10 nitrogen and oxygen atoms in total. The van der Waals surface area contributed by atoms with Crippen molar-refractivity contribution >= 4 is 39.6 Å². The third-order valence-electron chi connectivity index (χ3n) is 7.22. The van der Waals surface area contributed by atoms with Crippen molar-refractivity contribution in [1.82, 2.24) is 24.6 Å². The first-order chi connectivity index (χ1) is 17.5. The Balaban J connectivity index is 1.37. The first-order valence-electron chi connectivity index (χ1n) is 12.5. The van der Waals surface area contributed by atoms with Crippen LogP contribution in [0, 0.1) is 11.8 Å². The average molecular weight is 487 g/mol. The number of hydrogen-bond acceptors (Lipinski definition) is 8. The number of nitrogens with one attached hydrogen (secondary N) is 2. The molecule has 10 heteroatoms. The summed E-state index contributed by atoms with van der Waals surface area (Å²) in [6.45, 7) is 6.68. The fourth-order valence-electron chi connectivity index (χ4n) is 4.86. The highest BCUT2D eigenvalue weighted by Crippen LogP contribution is 2.39. The second-order valence-corrected chi connectivity index (χ2v) is 9.67. The lowest BCUT2D eigenvalue weighted by Gasteiger charge is -2.34. The number of carbonyl (C=O) groups is 1. The van der Waals surface area contributed by atoms with Gasteiger partial charge in [-0.05, 0) is 37.0 Å². The minimum atomic E-state index is 0.0191. The fraction of sp³-hybridized carbons (Fsp3) is 0.423. The molecule has 1 saturated heterocycles. The van der Waals surface area contributed by atoms with Crippen molar-refractivity contribution in [3.05, 3.63) is 36.8 Å². The molecule has 0 spiro atoms. The Labute approximate surface area is 209 Å². The van der Waals surface area contributed by atoms with Crippen molar-refractivity contribution in [3.8, 4) is 11.4 Å². The van der Waals surface area contributed by atoms with Crippen LogP contribution in [0.1, 0.15) is 26.7 Å². The molecule has 5 heterocycles. The number of rotatable bonds is 6. The molecule has 1 amide bonds. The van der Waals surface area contributed by atoms with Crippen LogP contribution < -0.4 is 15.5 Å². The monoisotopic (exact) mass is 486 g/mol. The molecule has 3 atom stereocenters. The van der Waals surface area contributed by atoms with Gasteiger partial charge in [-0.15, -0.1) is 5.10 Å². The Hall–Kier alpha value is -3.79. The molecule has 0 aromatic carbocycles. The number of fused-ring (bicyclic) bond motifs is 2. The van der Waals surface area contributed by atoms with Crippen LogP contribution in [-0.4, -0.2) is 63.3 Å². The molecule has 4 aromatic rings. The van der Waals surface area contributed by atoms with Crippen molar-refractivity contribution < 1.29 is 9.53 Å². The molecule has 0 bridgehead atoms. The van der Waals surface area contributed by atoms with Gasteiger partial charge in [0.1, 0.15) is 11.6 Å². The van der Waals surface area contributed by atoms with Gasteiger partial charge in [-0.25, -0.2) is 19.5 Å². The van der Waals surface area contributed by atoms with E-state index in [0.29, 0.717) is 23.4 Å². The Morgan fingerprint density at radius 1 is 1.22 bits per heavy atom. The number of ether oxygens (including phenoxy) is 1. The van der Waals surface area contributed by atoms with Gasteiger partial charge in [-0.2, -0.15) is 0 Å². The van der Waals surface area contributed by atoms with E-state index in [1.54, 1.807) is 12.4 Å². The number of carbonyl (C=O) groups excluding carboxylic acids is 1. The van der Waals surface area contributed by atoms with Crippen LogP contribution in [0.5, 0.6) is 0 Å². The lowest BCUT2D eigenvalue weighted by molar-refractivity contribution is -0.117. The van der Waals surface area contributed by atoms with Gasteiger partial charge >= 0.3 is 0 Å². The maximum absolute atomic E-state index is 12.5. The van der Waals surface area contributed by atoms with Gasteiger partial charge in [0.25, 0.3) is 0 Å². The van der Waals surface area contributed by atoms with E-state index in [1.807, 2.05) is 29.9 Å². The predicted molar refractivity (Wildman–Crippen MR) is 139 cm³/mol. The van der Waals surface area contributed by atoms with Crippen LogP contribution >= 0.6 is 0 Å². The first kappa shape index (κ1) is 22.7. The summed E-state index contributed by atoms with van der Waals surface area (Å²) in [5.41, 5.74) is 2.63. The van der Waals surface area contributed by atoms with Crippen LogP contribution in [0.3, 0.4) is 0 Å². The highest BCUT2D eigenvalue weighted by atomic mass is 16.5. The Kier molecular flexibility index (Phi) is 5.67. The van der Waals surface area contributed by atoms with Gasteiger partial charge < -0.3 is 20.3 Å². The molecule has 186 valence electrons. The summed E-state index contributed by atoms with van der Waals surface area (Å²) in [7, 11) is 1.82. The summed E-state index contributed by atoms with van der Waals surface area (Å²) < 4.78 is 7.64. The van der Waals surface area contributed by atoms with Crippen LogP contribution in [-0.2, 0) is 9.53 Å². The van der Waals surface area contributed by atoms with Crippen molar-refractivity contribution in [2.24, 2.45) is 11.8 Å². The van der Waals surface area contributed by atoms with E-state index in [-0.39, 0.29) is 17.9 Å². The second kappa shape index (κ2) is 9.02. The van der Waals surface area contributed by atoms with E-state index in [4.69, 9.17) is 14.8 Å². The number of amides is 1. The second-order valence-electron chi connectivity index (χ2n) is 9.67. The molecule has 0 radical (unpaired) electrons. The first-order valence-corrected chi connectivity index (χ1v) is 12.5. The molecule has 2 aliphatic rings. The molecule has 4 aromatic heterocycles. The lowest BCUT2D eigenvalue weighted by Crippen LogP contribution is -2.42. The zero-order valence-electron chi connectivity index (χ0n) is 20.7. The Bertz CT molecular complexity index is 1450. The summed E-state index contributed by atoms with van der Waals surface area (Å²) in [6.07, 6.45) is 7.69. The third kappa shape index (κ3) is 4.11. The van der Waals surface area contributed by atoms with E-state index in [1.165, 1.54) is 0 Å². The standard InChI is InChI=1S/C26H30N8O2/c1-4-17-14-33(7-8-36-17)16-5-6-23-31-25(32-34(23)13-16)21-12-29-24(27-3)20-11-28-22(10-19(20)21)30-26(35)18-9-15(18)2/h5-6,10-13,15,17-18H,4,7-9,14H2,1-3H3,(H,27,29)(H,28,30,35)/t15-,17?,18+/m1/s1. The van der Waals surface area contributed by atoms with Crippen molar-refractivity contribution in [2.75, 3.05) is 42.3 Å². The topological polar surface area (TPSA) is 110 Å².